The minimum absolute atomic E-state index is 0.334. The van der Waals surface area contributed by atoms with Crippen molar-refractivity contribution in [1.29, 1.82) is 0 Å². The van der Waals surface area contributed by atoms with E-state index in [4.69, 9.17) is 11.5 Å². The molecule has 0 aromatic heterocycles. The Kier molecular flexibility index (Phi) is 5.88. The molecule has 0 aliphatic carbocycles. The molecule has 0 heterocycles. The van der Waals surface area contributed by atoms with Crippen LogP contribution in [-0.2, 0) is 11.2 Å². The molecule has 0 saturated carbocycles. The van der Waals surface area contributed by atoms with E-state index in [-0.39, 0.29) is 5.92 Å². The Labute approximate surface area is 103 Å². The van der Waals surface area contributed by atoms with Crippen LogP contribution in [0, 0.1) is 18.3 Å². The molecule has 0 fully saturated rings. The second kappa shape index (κ2) is 7.51. The molecule has 0 radical (unpaired) electrons. The predicted molar refractivity (Wildman–Crippen MR) is 68.6 cm³/mol. The summed E-state index contributed by atoms with van der Waals surface area (Å²) in [5.41, 5.74) is 1.30. The summed E-state index contributed by atoms with van der Waals surface area (Å²) in [6, 6.07) is 10.2. The lowest BCUT2D eigenvalue weighted by Gasteiger charge is -2.08. The molecule has 1 atom stereocenters. The van der Waals surface area contributed by atoms with Crippen LogP contribution < -0.4 is 0 Å². The van der Waals surface area contributed by atoms with E-state index >= 15 is 0 Å². The Balaban J connectivity index is 2.23. The minimum atomic E-state index is -0.775. The van der Waals surface area contributed by atoms with Crippen LogP contribution in [0.25, 0.3) is 0 Å². The molecule has 90 valence electrons. The number of hydrogen-bond donors (Lipinski definition) is 1. The Morgan fingerprint density at radius 3 is 2.59 bits per heavy atom. The first-order chi connectivity index (χ1) is 8.24. The number of unbranched alkanes of at least 4 members (excludes halogenated alkanes) is 1. The molecular formula is C15H18O2. The van der Waals surface area contributed by atoms with Gasteiger partial charge < -0.3 is 5.11 Å². The van der Waals surface area contributed by atoms with Gasteiger partial charge in [-0.2, -0.15) is 0 Å². The van der Waals surface area contributed by atoms with Crippen LogP contribution in [0.15, 0.2) is 30.3 Å². The number of hydrogen-bond acceptors (Lipinski definition) is 1. The van der Waals surface area contributed by atoms with Gasteiger partial charge in [-0.1, -0.05) is 36.8 Å². The van der Waals surface area contributed by atoms with Gasteiger partial charge in [0.2, 0.25) is 0 Å². The van der Waals surface area contributed by atoms with Crippen LogP contribution in [0.1, 0.15) is 31.2 Å². The first-order valence-electron chi connectivity index (χ1n) is 5.94. The van der Waals surface area contributed by atoms with E-state index in [0.29, 0.717) is 12.8 Å². The zero-order valence-electron chi connectivity index (χ0n) is 9.93. The molecule has 1 rings (SSSR count). The van der Waals surface area contributed by atoms with Crippen LogP contribution in [-0.4, -0.2) is 11.1 Å². The molecule has 0 aliphatic rings. The van der Waals surface area contributed by atoms with Crippen molar-refractivity contribution in [2.24, 2.45) is 5.92 Å². The smallest absolute Gasteiger partial charge is 0.307 e. The van der Waals surface area contributed by atoms with Crippen LogP contribution >= 0.6 is 0 Å². The third kappa shape index (κ3) is 5.21. The fourth-order valence-corrected chi connectivity index (χ4v) is 1.82. The third-order valence-corrected chi connectivity index (χ3v) is 2.82. The average molecular weight is 230 g/mol. The van der Waals surface area contributed by atoms with Gasteiger partial charge in [0.25, 0.3) is 0 Å². The van der Waals surface area contributed by atoms with E-state index in [1.807, 2.05) is 18.2 Å². The fraction of sp³-hybridized carbons (Fsp3) is 0.400. The van der Waals surface area contributed by atoms with E-state index in [9.17, 15) is 4.79 Å². The van der Waals surface area contributed by atoms with Crippen LogP contribution in [0.5, 0.6) is 0 Å². The van der Waals surface area contributed by atoms with E-state index < -0.39 is 5.97 Å². The first kappa shape index (κ1) is 13.3. The first-order valence-corrected chi connectivity index (χ1v) is 5.94. The maximum atomic E-state index is 10.9. The predicted octanol–water partition coefficient (Wildman–Crippen LogP) is 3.12. The lowest BCUT2D eigenvalue weighted by molar-refractivity contribution is -0.141. The molecule has 1 N–H and O–H groups in total. The molecule has 0 unspecified atom stereocenters. The Hall–Kier alpha value is -1.75. The van der Waals surface area contributed by atoms with Crippen LogP contribution in [0.4, 0.5) is 0 Å². The van der Waals surface area contributed by atoms with E-state index in [1.54, 1.807) is 0 Å². The molecule has 2 nitrogen and oxygen atoms in total. The molecule has 0 aliphatic heterocycles. The number of carbonyl (C=O) groups is 1. The lowest BCUT2D eigenvalue weighted by Crippen LogP contribution is -2.12. The molecule has 2 heteroatoms. The summed E-state index contributed by atoms with van der Waals surface area (Å²) >= 11 is 0. The van der Waals surface area contributed by atoms with Gasteiger partial charge in [0.05, 0.1) is 5.92 Å². The van der Waals surface area contributed by atoms with Gasteiger partial charge in [-0.3, -0.25) is 4.79 Å². The maximum Gasteiger partial charge on any atom is 0.307 e. The summed E-state index contributed by atoms with van der Waals surface area (Å²) in [6.45, 7) is 0. The highest BCUT2D eigenvalue weighted by Crippen LogP contribution is 2.14. The summed E-state index contributed by atoms with van der Waals surface area (Å²) in [7, 11) is 0. The molecular weight excluding hydrogens is 212 g/mol. The van der Waals surface area contributed by atoms with Gasteiger partial charge in [0.1, 0.15) is 0 Å². The van der Waals surface area contributed by atoms with Gasteiger partial charge in [-0.15, -0.1) is 12.3 Å². The monoisotopic (exact) mass is 230 g/mol. The lowest BCUT2D eigenvalue weighted by atomic mass is 9.97. The molecule has 17 heavy (non-hydrogen) atoms. The van der Waals surface area contributed by atoms with Gasteiger partial charge >= 0.3 is 5.97 Å². The van der Waals surface area contributed by atoms with Crippen molar-refractivity contribution in [2.45, 2.75) is 32.1 Å². The Bertz CT molecular complexity index is 376. The van der Waals surface area contributed by atoms with Gasteiger partial charge in [0.15, 0.2) is 0 Å². The van der Waals surface area contributed by atoms with Crippen molar-refractivity contribution in [3.63, 3.8) is 0 Å². The van der Waals surface area contributed by atoms with E-state index in [2.05, 4.69) is 18.1 Å². The number of terminal acetylenes is 1. The number of benzene rings is 1. The second-order valence-electron chi connectivity index (χ2n) is 4.17. The number of rotatable bonds is 7. The molecule has 0 spiro atoms. The van der Waals surface area contributed by atoms with E-state index in [0.717, 1.165) is 19.3 Å². The van der Waals surface area contributed by atoms with Crippen molar-refractivity contribution >= 4 is 5.97 Å². The number of aliphatic carboxylic acids is 1. The number of carboxylic acids is 1. The zero-order valence-corrected chi connectivity index (χ0v) is 9.93. The summed E-state index contributed by atoms with van der Waals surface area (Å²) in [5, 5.41) is 8.93. The minimum Gasteiger partial charge on any atom is -0.481 e. The van der Waals surface area contributed by atoms with Crippen molar-refractivity contribution in [3.05, 3.63) is 35.9 Å². The second-order valence-corrected chi connectivity index (χ2v) is 4.17. The highest BCUT2D eigenvalue weighted by Gasteiger charge is 2.15. The van der Waals surface area contributed by atoms with Crippen molar-refractivity contribution in [1.82, 2.24) is 0 Å². The summed E-state index contributed by atoms with van der Waals surface area (Å²) in [5.74, 6) is 1.27. The Morgan fingerprint density at radius 1 is 1.29 bits per heavy atom. The van der Waals surface area contributed by atoms with E-state index in [1.165, 1.54) is 5.56 Å². The largest absolute Gasteiger partial charge is 0.481 e. The molecule has 0 amide bonds. The fourth-order valence-electron chi connectivity index (χ4n) is 1.82. The van der Waals surface area contributed by atoms with Crippen molar-refractivity contribution in [3.8, 4) is 12.3 Å². The van der Waals surface area contributed by atoms with Gasteiger partial charge in [-0.05, 0) is 24.8 Å². The molecule has 0 saturated heterocycles. The number of carboxylic acid groups (broad SMARTS) is 1. The SMILES string of the molecule is C#CC[C@@H](CCCCc1ccccc1)C(=O)O. The van der Waals surface area contributed by atoms with Gasteiger partial charge in [-0.25, -0.2) is 0 Å². The molecule has 1 aromatic rings. The topological polar surface area (TPSA) is 37.3 Å². The molecule has 1 aromatic carbocycles. The van der Waals surface area contributed by atoms with Crippen molar-refractivity contribution in [2.75, 3.05) is 0 Å². The van der Waals surface area contributed by atoms with Gasteiger partial charge in [0, 0.05) is 6.42 Å². The Morgan fingerprint density at radius 2 is 2.00 bits per heavy atom. The number of aryl methyl sites for hydroxylation is 1. The molecule has 0 bridgehead atoms. The summed E-state index contributed by atoms with van der Waals surface area (Å²) in [6.07, 6.45) is 9.08. The van der Waals surface area contributed by atoms with Crippen molar-refractivity contribution < 1.29 is 9.90 Å². The highest BCUT2D eigenvalue weighted by molar-refractivity contribution is 5.70. The summed E-state index contributed by atoms with van der Waals surface area (Å²) < 4.78 is 0. The van der Waals surface area contributed by atoms with Crippen LogP contribution in [0.3, 0.4) is 0 Å². The maximum absolute atomic E-state index is 10.9. The third-order valence-electron chi connectivity index (χ3n) is 2.82. The quantitative estimate of drug-likeness (QED) is 0.577. The summed E-state index contributed by atoms with van der Waals surface area (Å²) in [4.78, 5) is 10.9. The average Bonchev–Trinajstić information content (AvgIpc) is 2.34. The zero-order chi connectivity index (χ0) is 12.5. The highest BCUT2D eigenvalue weighted by atomic mass is 16.4. The standard InChI is InChI=1S/C15H18O2/c1-2-8-14(15(16)17)12-7-6-11-13-9-4-3-5-10-13/h1,3-5,9-10,14H,6-8,11-12H2,(H,16,17)/t14-/m0/s1. The normalized spacial score (nSPS) is 11.7. The van der Waals surface area contributed by atoms with Crippen LogP contribution in [0.2, 0.25) is 0 Å².